The van der Waals surface area contributed by atoms with Crippen molar-refractivity contribution >= 4 is 0 Å². The maximum Gasteiger partial charge on any atom is 0.244 e. The molecule has 0 fully saturated rings. The zero-order valence-electron chi connectivity index (χ0n) is 18.7. The van der Waals surface area contributed by atoms with Gasteiger partial charge in [-0.1, -0.05) is 69.3 Å². The summed E-state index contributed by atoms with van der Waals surface area (Å²) in [5, 5.41) is 22.6. The van der Waals surface area contributed by atoms with Crippen molar-refractivity contribution in [1.82, 2.24) is 20.0 Å². The fourth-order valence-corrected chi connectivity index (χ4v) is 4.26. The van der Waals surface area contributed by atoms with E-state index >= 15 is 0 Å². The normalized spacial score (nSPS) is 15.6. The van der Waals surface area contributed by atoms with E-state index < -0.39 is 5.92 Å². The maximum atomic E-state index is 10.1. The van der Waals surface area contributed by atoms with E-state index in [1.54, 1.807) is 0 Å². The molecule has 0 saturated heterocycles. The van der Waals surface area contributed by atoms with Gasteiger partial charge in [-0.3, -0.25) is 5.10 Å². The summed E-state index contributed by atoms with van der Waals surface area (Å²) < 4.78 is 7.61. The first kappa shape index (κ1) is 20.6. The Hall–Kier alpha value is -4.31. The molecule has 2 aromatic heterocycles. The van der Waals surface area contributed by atoms with Crippen molar-refractivity contribution in [2.24, 2.45) is 5.73 Å². The van der Waals surface area contributed by atoms with E-state index in [-0.39, 0.29) is 11.3 Å². The Morgan fingerprint density at radius 3 is 2.36 bits per heavy atom. The van der Waals surface area contributed by atoms with Gasteiger partial charge in [-0.05, 0) is 12.1 Å². The van der Waals surface area contributed by atoms with Crippen LogP contribution in [0.25, 0.3) is 16.9 Å². The minimum Gasteiger partial charge on any atom is -0.420 e. The number of hydrogen-bond donors (Lipinski definition) is 2. The Bertz CT molecular complexity index is 1380. The number of aromatic nitrogens is 4. The molecule has 2 aromatic carbocycles. The molecule has 33 heavy (non-hydrogen) atoms. The van der Waals surface area contributed by atoms with Gasteiger partial charge in [0.2, 0.25) is 11.8 Å². The van der Waals surface area contributed by atoms with Crippen LogP contribution in [0, 0.1) is 11.3 Å². The second-order valence-electron chi connectivity index (χ2n) is 9.07. The molecule has 1 atom stereocenters. The lowest BCUT2D eigenvalue weighted by Gasteiger charge is -2.27. The molecule has 7 nitrogen and oxygen atoms in total. The largest absolute Gasteiger partial charge is 0.420 e. The van der Waals surface area contributed by atoms with E-state index in [4.69, 9.17) is 15.6 Å². The summed E-state index contributed by atoms with van der Waals surface area (Å²) in [4.78, 5) is 0. The molecule has 0 radical (unpaired) electrons. The molecule has 0 unspecified atom stereocenters. The van der Waals surface area contributed by atoms with Gasteiger partial charge in [-0.25, -0.2) is 4.68 Å². The lowest BCUT2D eigenvalue weighted by atomic mass is 9.78. The average Bonchev–Trinajstić information content (AvgIpc) is 3.44. The lowest BCUT2D eigenvalue weighted by Crippen LogP contribution is -2.24. The van der Waals surface area contributed by atoms with Crippen molar-refractivity contribution in [3.8, 4) is 28.9 Å². The molecule has 7 heteroatoms. The molecule has 1 aliphatic heterocycles. The molecule has 5 rings (SSSR count). The molecule has 0 saturated carbocycles. The van der Waals surface area contributed by atoms with Crippen LogP contribution in [0.15, 0.2) is 78.3 Å². The number of allylic oxidation sites excluding steroid dienone is 1. The van der Waals surface area contributed by atoms with Crippen LogP contribution in [-0.2, 0) is 5.41 Å². The molecular weight excluding hydrogens is 412 g/mol. The van der Waals surface area contributed by atoms with Gasteiger partial charge >= 0.3 is 0 Å². The zero-order valence-corrected chi connectivity index (χ0v) is 18.7. The van der Waals surface area contributed by atoms with Gasteiger partial charge in [0.25, 0.3) is 0 Å². The van der Waals surface area contributed by atoms with Crippen molar-refractivity contribution in [2.75, 3.05) is 0 Å². The van der Waals surface area contributed by atoms with Crippen LogP contribution in [0.4, 0.5) is 0 Å². The number of hydrogen-bond acceptors (Lipinski definition) is 5. The number of para-hydroxylation sites is 1. The number of aromatic amines is 1. The first-order valence-corrected chi connectivity index (χ1v) is 10.7. The quantitative estimate of drug-likeness (QED) is 0.481. The van der Waals surface area contributed by atoms with Gasteiger partial charge in [0.1, 0.15) is 11.6 Å². The number of fused-ring (bicyclic) bond motifs is 1. The molecule has 1 aliphatic rings. The van der Waals surface area contributed by atoms with E-state index in [2.05, 4.69) is 37.0 Å². The van der Waals surface area contributed by atoms with E-state index in [0.717, 1.165) is 33.8 Å². The van der Waals surface area contributed by atoms with Gasteiger partial charge in [-0.15, -0.1) is 5.10 Å². The topological polar surface area (TPSA) is 106 Å². The Labute approximate surface area is 192 Å². The highest BCUT2D eigenvalue weighted by molar-refractivity contribution is 5.69. The van der Waals surface area contributed by atoms with Crippen molar-refractivity contribution in [2.45, 2.75) is 32.1 Å². The van der Waals surface area contributed by atoms with Crippen molar-refractivity contribution in [1.29, 1.82) is 5.26 Å². The predicted octanol–water partition coefficient (Wildman–Crippen LogP) is 4.78. The third-order valence-electron chi connectivity index (χ3n) is 5.81. The first-order chi connectivity index (χ1) is 15.9. The standard InChI is InChI=1S/C26H24N6O/c1-26(2,3)23-21-20(18(14-27)24(28)33-25(21)30-29-23)19-15-32(17-12-8-5-9-13-17)31-22(19)16-10-6-4-7-11-16/h4-13,15,20H,28H2,1-3H3,(H,29,30)/t20-/m0/s1. The Morgan fingerprint density at radius 1 is 1.06 bits per heavy atom. The summed E-state index contributed by atoms with van der Waals surface area (Å²) in [6, 6.07) is 22.1. The molecule has 0 spiro atoms. The molecular formula is C26H24N6O. The monoisotopic (exact) mass is 436 g/mol. The molecule has 0 amide bonds. The van der Waals surface area contributed by atoms with E-state index in [1.165, 1.54) is 0 Å². The summed E-state index contributed by atoms with van der Waals surface area (Å²) in [6.45, 7) is 6.28. The Kier molecular flexibility index (Phi) is 4.79. The second-order valence-corrected chi connectivity index (χ2v) is 9.07. The highest BCUT2D eigenvalue weighted by Gasteiger charge is 2.40. The van der Waals surface area contributed by atoms with E-state index in [0.29, 0.717) is 11.5 Å². The highest BCUT2D eigenvalue weighted by Crippen LogP contribution is 2.47. The molecule has 0 aliphatic carbocycles. The summed E-state index contributed by atoms with van der Waals surface area (Å²) in [5.74, 6) is -0.0132. The number of benzene rings is 2. The van der Waals surface area contributed by atoms with Crippen LogP contribution in [-0.4, -0.2) is 20.0 Å². The predicted molar refractivity (Wildman–Crippen MR) is 126 cm³/mol. The molecule has 0 bridgehead atoms. The summed E-state index contributed by atoms with van der Waals surface area (Å²) in [5.41, 5.74) is 11.5. The van der Waals surface area contributed by atoms with E-state index in [9.17, 15) is 5.26 Å². The number of H-pyrrole nitrogens is 1. The van der Waals surface area contributed by atoms with Crippen molar-refractivity contribution in [3.63, 3.8) is 0 Å². The summed E-state index contributed by atoms with van der Waals surface area (Å²) >= 11 is 0. The van der Waals surface area contributed by atoms with Crippen molar-refractivity contribution in [3.05, 3.63) is 95.1 Å². The smallest absolute Gasteiger partial charge is 0.244 e. The van der Waals surface area contributed by atoms with Gasteiger partial charge in [0, 0.05) is 28.4 Å². The van der Waals surface area contributed by atoms with Crippen LogP contribution in [0.2, 0.25) is 0 Å². The molecule has 3 heterocycles. The van der Waals surface area contributed by atoms with Gasteiger partial charge in [0.15, 0.2) is 0 Å². The van der Waals surface area contributed by atoms with Crippen LogP contribution < -0.4 is 10.5 Å². The third-order valence-corrected chi connectivity index (χ3v) is 5.81. The molecule has 164 valence electrons. The molecule has 4 aromatic rings. The Morgan fingerprint density at radius 2 is 1.73 bits per heavy atom. The van der Waals surface area contributed by atoms with E-state index in [1.807, 2.05) is 71.5 Å². The van der Waals surface area contributed by atoms with Gasteiger partial charge in [-0.2, -0.15) is 10.4 Å². The second kappa shape index (κ2) is 7.68. The summed E-state index contributed by atoms with van der Waals surface area (Å²) in [6.07, 6.45) is 1.97. The number of nitriles is 1. The minimum atomic E-state index is -0.473. The van der Waals surface area contributed by atoms with Crippen molar-refractivity contribution < 1.29 is 4.74 Å². The highest BCUT2D eigenvalue weighted by atomic mass is 16.5. The summed E-state index contributed by atoms with van der Waals surface area (Å²) in [7, 11) is 0. The number of rotatable bonds is 3. The number of nitrogens with two attached hydrogens (primary N) is 1. The van der Waals surface area contributed by atoms with Gasteiger partial charge in [0.05, 0.1) is 22.9 Å². The van der Waals surface area contributed by atoms with Gasteiger partial charge < -0.3 is 10.5 Å². The maximum absolute atomic E-state index is 10.1. The average molecular weight is 437 g/mol. The first-order valence-electron chi connectivity index (χ1n) is 10.7. The third kappa shape index (κ3) is 3.46. The number of nitrogens with one attached hydrogen (secondary N) is 1. The number of nitrogens with zero attached hydrogens (tertiary/aromatic N) is 4. The fourth-order valence-electron chi connectivity index (χ4n) is 4.26. The number of ether oxygens (including phenoxy) is 1. The van der Waals surface area contributed by atoms with Crippen LogP contribution in [0.3, 0.4) is 0 Å². The van der Waals surface area contributed by atoms with Crippen LogP contribution >= 0.6 is 0 Å². The zero-order chi connectivity index (χ0) is 23.2. The Balaban J connectivity index is 1.81. The fraction of sp³-hybridized carbons (Fsp3) is 0.192. The lowest BCUT2D eigenvalue weighted by molar-refractivity contribution is 0.378. The van der Waals surface area contributed by atoms with Crippen LogP contribution in [0.1, 0.15) is 43.5 Å². The SMILES string of the molecule is CC(C)(C)c1[nH]nc2c1[C@H](c1cn(-c3ccccc3)nc1-c1ccccc1)C(C#N)=C(N)O2. The minimum absolute atomic E-state index is 0.0634. The molecule has 3 N–H and O–H groups in total. The van der Waals surface area contributed by atoms with Crippen LogP contribution in [0.5, 0.6) is 5.88 Å².